The zero-order valence-corrected chi connectivity index (χ0v) is 19.0. The van der Waals surface area contributed by atoms with E-state index in [0.29, 0.717) is 30.4 Å². The lowest BCUT2D eigenvalue weighted by atomic mass is 10.3. The van der Waals surface area contributed by atoms with Crippen molar-refractivity contribution in [3.63, 3.8) is 0 Å². The van der Waals surface area contributed by atoms with Gasteiger partial charge in [0.2, 0.25) is 5.91 Å². The van der Waals surface area contributed by atoms with Crippen LogP contribution < -0.4 is 19.1 Å². The third-order valence-corrected chi connectivity index (χ3v) is 6.87. The van der Waals surface area contributed by atoms with Crippen molar-refractivity contribution in [2.24, 2.45) is 0 Å². The van der Waals surface area contributed by atoms with E-state index in [2.05, 4.69) is 21.2 Å². The first-order valence-corrected chi connectivity index (χ1v) is 11.8. The Kier molecular flexibility index (Phi) is 6.33. The van der Waals surface area contributed by atoms with Gasteiger partial charge in [-0.15, -0.1) is 0 Å². The lowest BCUT2D eigenvalue weighted by molar-refractivity contribution is -0.114. The van der Waals surface area contributed by atoms with E-state index in [-0.39, 0.29) is 10.6 Å². The number of sulfonamides is 1. The van der Waals surface area contributed by atoms with Gasteiger partial charge in [-0.25, -0.2) is 12.8 Å². The number of amides is 1. The Balaban J connectivity index is 1.67. The van der Waals surface area contributed by atoms with Gasteiger partial charge in [-0.3, -0.25) is 9.10 Å². The molecular formula is C22H18BrFN2O5S. The lowest BCUT2D eigenvalue weighted by Crippen LogP contribution is -2.38. The number of carbonyl (C=O) groups excluding carboxylic acids is 1. The molecule has 0 atom stereocenters. The Bertz CT molecular complexity index is 1250. The van der Waals surface area contributed by atoms with Gasteiger partial charge in [-0.2, -0.15) is 0 Å². The molecule has 7 nitrogen and oxygen atoms in total. The summed E-state index contributed by atoms with van der Waals surface area (Å²) in [6.45, 7) is 0.152. The van der Waals surface area contributed by atoms with Crippen LogP contribution in [0.1, 0.15) is 0 Å². The number of hydrogen-bond acceptors (Lipinski definition) is 5. The Morgan fingerprint density at radius 3 is 2.44 bits per heavy atom. The summed E-state index contributed by atoms with van der Waals surface area (Å²) in [7, 11) is -4.19. The lowest BCUT2D eigenvalue weighted by Gasteiger charge is -2.25. The number of anilines is 2. The molecular weight excluding hydrogens is 503 g/mol. The zero-order chi connectivity index (χ0) is 22.7. The van der Waals surface area contributed by atoms with E-state index in [4.69, 9.17) is 9.47 Å². The van der Waals surface area contributed by atoms with Gasteiger partial charge in [-0.1, -0.05) is 22.0 Å². The topological polar surface area (TPSA) is 84.9 Å². The predicted molar refractivity (Wildman–Crippen MR) is 121 cm³/mol. The monoisotopic (exact) mass is 520 g/mol. The summed E-state index contributed by atoms with van der Waals surface area (Å²) in [5.74, 6) is -0.344. The molecule has 1 amide bonds. The van der Waals surface area contributed by atoms with Gasteiger partial charge in [0, 0.05) is 16.2 Å². The number of nitrogens with one attached hydrogen (secondary N) is 1. The summed E-state index contributed by atoms with van der Waals surface area (Å²) >= 11 is 3.32. The minimum Gasteiger partial charge on any atom is -0.486 e. The summed E-state index contributed by atoms with van der Waals surface area (Å²) in [5, 5.41) is 2.67. The highest BCUT2D eigenvalue weighted by Gasteiger charge is 2.29. The van der Waals surface area contributed by atoms with Gasteiger partial charge in [0.25, 0.3) is 10.0 Å². The second-order valence-corrected chi connectivity index (χ2v) is 9.63. The van der Waals surface area contributed by atoms with Crippen molar-refractivity contribution in [3.05, 3.63) is 77.0 Å². The van der Waals surface area contributed by atoms with Crippen molar-refractivity contribution in [2.45, 2.75) is 4.90 Å². The largest absolute Gasteiger partial charge is 0.486 e. The number of benzene rings is 3. The van der Waals surface area contributed by atoms with E-state index in [0.717, 1.165) is 20.9 Å². The fraction of sp³-hybridized carbons (Fsp3) is 0.136. The van der Waals surface area contributed by atoms with Crippen molar-refractivity contribution in [1.29, 1.82) is 0 Å². The number of carbonyl (C=O) groups is 1. The highest BCUT2D eigenvalue weighted by Crippen LogP contribution is 2.34. The highest BCUT2D eigenvalue weighted by atomic mass is 79.9. The van der Waals surface area contributed by atoms with Crippen LogP contribution in [0.25, 0.3) is 0 Å². The quantitative estimate of drug-likeness (QED) is 0.526. The fourth-order valence-corrected chi connectivity index (χ4v) is 4.97. The van der Waals surface area contributed by atoms with Crippen molar-refractivity contribution < 1.29 is 27.1 Å². The van der Waals surface area contributed by atoms with Crippen LogP contribution in [-0.2, 0) is 14.8 Å². The number of hydrogen-bond donors (Lipinski definition) is 1. The number of nitrogens with zero attached hydrogens (tertiary/aromatic N) is 1. The molecule has 0 aliphatic carbocycles. The van der Waals surface area contributed by atoms with E-state index >= 15 is 0 Å². The smallest absolute Gasteiger partial charge is 0.264 e. The van der Waals surface area contributed by atoms with E-state index in [1.54, 1.807) is 24.3 Å². The molecule has 1 N–H and O–H groups in total. The summed E-state index contributed by atoms with van der Waals surface area (Å²) in [6, 6.07) is 16.0. The molecule has 4 rings (SSSR count). The molecule has 0 radical (unpaired) electrons. The fourth-order valence-electron chi connectivity index (χ4n) is 3.13. The number of rotatable bonds is 6. The SMILES string of the molecule is O=C(CN(c1ccc(F)cc1)S(=O)(=O)c1ccc2c(c1)OCCO2)Nc1cccc(Br)c1. The van der Waals surface area contributed by atoms with Gasteiger partial charge in [0.05, 0.1) is 10.6 Å². The molecule has 32 heavy (non-hydrogen) atoms. The first-order chi connectivity index (χ1) is 15.3. The molecule has 3 aromatic carbocycles. The molecule has 10 heteroatoms. The van der Waals surface area contributed by atoms with Gasteiger partial charge in [0.1, 0.15) is 25.6 Å². The molecule has 0 saturated heterocycles. The van der Waals surface area contributed by atoms with Gasteiger partial charge in [-0.05, 0) is 54.6 Å². The van der Waals surface area contributed by atoms with Gasteiger partial charge in [0.15, 0.2) is 11.5 Å². The summed E-state index contributed by atoms with van der Waals surface area (Å²) in [6.07, 6.45) is 0. The molecule has 3 aromatic rings. The van der Waals surface area contributed by atoms with Crippen LogP contribution in [0.4, 0.5) is 15.8 Å². The molecule has 0 fully saturated rings. The standard InChI is InChI=1S/C22H18BrFN2O5S/c23-15-2-1-3-17(12-15)25-22(27)14-26(18-6-4-16(24)5-7-18)32(28,29)19-8-9-20-21(13-19)31-11-10-30-20/h1-9,12-13H,10-11,14H2,(H,25,27). The second-order valence-electron chi connectivity index (χ2n) is 6.85. The highest BCUT2D eigenvalue weighted by molar-refractivity contribution is 9.10. The Morgan fingerprint density at radius 1 is 1.00 bits per heavy atom. The Hall–Kier alpha value is -3.11. The van der Waals surface area contributed by atoms with E-state index < -0.39 is 28.3 Å². The molecule has 0 spiro atoms. The van der Waals surface area contributed by atoms with E-state index in [1.807, 2.05) is 0 Å². The van der Waals surface area contributed by atoms with Crippen LogP contribution in [0.5, 0.6) is 11.5 Å². The first kappa shape index (κ1) is 22.1. The van der Waals surface area contributed by atoms with Crippen LogP contribution in [0.15, 0.2) is 76.1 Å². The minimum absolute atomic E-state index is 0.0821. The molecule has 0 unspecified atom stereocenters. The molecule has 1 aliphatic rings. The van der Waals surface area contributed by atoms with Crippen molar-refractivity contribution in [2.75, 3.05) is 29.4 Å². The van der Waals surface area contributed by atoms with Crippen LogP contribution in [0.2, 0.25) is 0 Å². The average molecular weight is 521 g/mol. The van der Waals surface area contributed by atoms with Crippen molar-refractivity contribution >= 4 is 43.2 Å². The molecule has 1 aliphatic heterocycles. The zero-order valence-electron chi connectivity index (χ0n) is 16.6. The molecule has 166 valence electrons. The van der Waals surface area contributed by atoms with Gasteiger partial charge >= 0.3 is 0 Å². The first-order valence-electron chi connectivity index (χ1n) is 9.56. The third kappa shape index (κ3) is 4.86. The normalized spacial score (nSPS) is 12.8. The number of fused-ring (bicyclic) bond motifs is 1. The minimum atomic E-state index is -4.19. The molecule has 0 aromatic heterocycles. The van der Waals surface area contributed by atoms with Crippen LogP contribution in [0, 0.1) is 5.82 Å². The van der Waals surface area contributed by atoms with Gasteiger partial charge < -0.3 is 14.8 Å². The Morgan fingerprint density at radius 2 is 1.72 bits per heavy atom. The van der Waals surface area contributed by atoms with Crippen LogP contribution in [0.3, 0.4) is 0 Å². The summed E-state index contributed by atoms with van der Waals surface area (Å²) < 4.78 is 53.1. The third-order valence-electron chi connectivity index (χ3n) is 4.61. The Labute approximate surface area is 192 Å². The molecule has 0 saturated carbocycles. The maximum Gasteiger partial charge on any atom is 0.264 e. The van der Waals surface area contributed by atoms with Crippen LogP contribution in [-0.4, -0.2) is 34.1 Å². The molecule has 0 bridgehead atoms. The second kappa shape index (κ2) is 9.17. The maximum absolute atomic E-state index is 13.5. The summed E-state index contributed by atoms with van der Waals surface area (Å²) in [4.78, 5) is 12.7. The average Bonchev–Trinajstić information content (AvgIpc) is 2.78. The maximum atomic E-state index is 13.5. The van der Waals surface area contributed by atoms with E-state index in [9.17, 15) is 17.6 Å². The van der Waals surface area contributed by atoms with Crippen molar-refractivity contribution in [1.82, 2.24) is 0 Å². The van der Waals surface area contributed by atoms with Crippen LogP contribution >= 0.6 is 15.9 Å². The number of halogens is 2. The summed E-state index contributed by atoms with van der Waals surface area (Å²) in [5.41, 5.74) is 0.644. The predicted octanol–water partition coefficient (Wildman–Crippen LogP) is 4.19. The van der Waals surface area contributed by atoms with Crippen molar-refractivity contribution in [3.8, 4) is 11.5 Å². The molecule has 1 heterocycles. The van der Waals surface area contributed by atoms with E-state index in [1.165, 1.54) is 30.3 Å². The number of ether oxygens (including phenoxy) is 2.